The topological polar surface area (TPSA) is 151 Å². The maximum atomic E-state index is 14.0. The second-order valence-electron chi connectivity index (χ2n) is 11.1. The summed E-state index contributed by atoms with van der Waals surface area (Å²) < 4.78 is 12.9. The molecule has 0 spiro atoms. The highest BCUT2D eigenvalue weighted by Gasteiger charge is 2.50. The Bertz CT molecular complexity index is 1760. The van der Waals surface area contributed by atoms with Gasteiger partial charge in [-0.15, -0.1) is 0 Å². The van der Waals surface area contributed by atoms with Gasteiger partial charge in [-0.2, -0.15) is 0 Å². The molecule has 3 N–H and O–H groups in total. The Morgan fingerprint density at radius 2 is 2.00 bits per heavy atom. The van der Waals surface area contributed by atoms with Crippen LogP contribution in [0.2, 0.25) is 0 Å². The summed E-state index contributed by atoms with van der Waals surface area (Å²) in [5, 5.41) is 0.946. The number of carbonyl (C=O) groups excluding carboxylic acids is 3. The minimum atomic E-state index is -1.84. The predicted molar refractivity (Wildman–Crippen MR) is 159 cm³/mol. The van der Waals surface area contributed by atoms with Crippen molar-refractivity contribution in [3.8, 4) is 11.4 Å². The molecule has 1 unspecified atom stereocenters. The van der Waals surface area contributed by atoms with Crippen LogP contribution in [0.3, 0.4) is 0 Å². The van der Waals surface area contributed by atoms with Crippen LogP contribution in [0.5, 0.6) is 0 Å². The van der Waals surface area contributed by atoms with Gasteiger partial charge in [0.15, 0.2) is 6.54 Å². The van der Waals surface area contributed by atoms with Gasteiger partial charge in [0.2, 0.25) is 5.60 Å². The first-order chi connectivity index (χ1) is 20.7. The number of cyclic esters (lactones) is 1. The SMILES string of the molecule is CCCCCN1C=Nc2cccc3nc4c(c1c23)Cn1c-4cc2c(c1=O)COC(=O)C2(CC)OC(=O)CN(C)C(=O)C[NH3+]. The molecule has 3 aliphatic heterocycles. The third-order valence-corrected chi connectivity index (χ3v) is 8.55. The summed E-state index contributed by atoms with van der Waals surface area (Å²) in [6.07, 6.45) is 5.05. The zero-order valence-corrected chi connectivity index (χ0v) is 24.6. The van der Waals surface area contributed by atoms with Crippen LogP contribution in [0, 0.1) is 0 Å². The molecule has 3 aromatic rings. The number of carbonyl (C=O) groups is 3. The average Bonchev–Trinajstić information content (AvgIpc) is 3.38. The van der Waals surface area contributed by atoms with Gasteiger partial charge in [-0.25, -0.2) is 14.8 Å². The number of anilines is 1. The lowest BCUT2D eigenvalue weighted by atomic mass is 9.85. The van der Waals surface area contributed by atoms with Crippen LogP contribution in [0.4, 0.5) is 11.4 Å². The maximum Gasteiger partial charge on any atom is 0.355 e. The number of benzene rings is 1. The fourth-order valence-corrected chi connectivity index (χ4v) is 6.26. The number of hydrogen-bond acceptors (Lipinski definition) is 9. The zero-order chi connectivity index (χ0) is 30.5. The molecule has 0 aliphatic carbocycles. The number of esters is 2. The van der Waals surface area contributed by atoms with Crippen molar-refractivity contribution < 1.29 is 29.6 Å². The monoisotopic (exact) mass is 587 g/mol. The molecule has 1 aromatic carbocycles. The van der Waals surface area contributed by atoms with E-state index in [-0.39, 0.29) is 43.1 Å². The smallest absolute Gasteiger partial charge is 0.355 e. The number of ether oxygens (including phenoxy) is 2. The molecule has 2 aromatic heterocycles. The van der Waals surface area contributed by atoms with Crippen LogP contribution in [0.15, 0.2) is 34.1 Å². The highest BCUT2D eigenvalue weighted by Crippen LogP contribution is 2.47. The van der Waals surface area contributed by atoms with Gasteiger partial charge in [-0.05, 0) is 31.0 Å². The van der Waals surface area contributed by atoms with Crippen molar-refractivity contribution in [2.75, 3.05) is 31.6 Å². The normalized spacial score (nSPS) is 17.8. The minimum Gasteiger partial charge on any atom is -0.457 e. The fraction of sp³-hybridized carbons (Fsp3) is 0.419. The third-order valence-electron chi connectivity index (χ3n) is 8.55. The summed E-state index contributed by atoms with van der Waals surface area (Å²) in [4.78, 5) is 65.5. The molecule has 5 heterocycles. The molecule has 0 saturated carbocycles. The first-order valence-corrected chi connectivity index (χ1v) is 14.7. The molecular formula is C31H35N6O6+. The summed E-state index contributed by atoms with van der Waals surface area (Å²) in [6.45, 7) is 4.30. The molecule has 43 heavy (non-hydrogen) atoms. The highest BCUT2D eigenvalue weighted by molar-refractivity contribution is 6.11. The van der Waals surface area contributed by atoms with E-state index >= 15 is 0 Å². The fourth-order valence-electron chi connectivity index (χ4n) is 6.26. The molecule has 0 bridgehead atoms. The van der Waals surface area contributed by atoms with Crippen LogP contribution < -0.4 is 16.2 Å². The predicted octanol–water partition coefficient (Wildman–Crippen LogP) is 2.00. The second-order valence-corrected chi connectivity index (χ2v) is 11.1. The average molecular weight is 588 g/mol. The first-order valence-electron chi connectivity index (χ1n) is 14.7. The number of amides is 1. The molecule has 6 rings (SSSR count). The second kappa shape index (κ2) is 10.9. The van der Waals surface area contributed by atoms with Crippen molar-refractivity contribution >= 4 is 46.5 Å². The summed E-state index contributed by atoms with van der Waals surface area (Å²) in [5.74, 6) is -1.89. The number of hydrogen-bond donors (Lipinski definition) is 1. The summed E-state index contributed by atoms with van der Waals surface area (Å²) in [7, 11) is 1.46. The standard InChI is InChI=1S/C31H34N6O6/c1-4-6-7-11-36-17-33-21-9-8-10-22-26(21)28(36)18-14-37-23(27(18)34-22)12-20-19(29(37)40)16-42-30(41)31(20,5-2)43-25(39)15-35(3)24(38)13-32/h8-10,12,17H,4-7,11,13-16,32H2,1-3H3/p+1. The van der Waals surface area contributed by atoms with Crippen LogP contribution in [0.1, 0.15) is 56.2 Å². The maximum absolute atomic E-state index is 14.0. The summed E-state index contributed by atoms with van der Waals surface area (Å²) in [5.41, 5.74) is 6.61. The molecule has 0 fully saturated rings. The van der Waals surface area contributed by atoms with Crippen LogP contribution >= 0.6 is 0 Å². The van der Waals surface area contributed by atoms with Gasteiger partial charge in [-0.1, -0.05) is 32.8 Å². The Labute approximate surface area is 248 Å². The van der Waals surface area contributed by atoms with Gasteiger partial charge >= 0.3 is 11.9 Å². The Hall–Kier alpha value is -4.58. The summed E-state index contributed by atoms with van der Waals surface area (Å²) in [6, 6.07) is 7.56. The molecule has 3 aliphatic rings. The van der Waals surface area contributed by atoms with Crippen molar-refractivity contribution in [3.05, 3.63) is 51.3 Å². The van der Waals surface area contributed by atoms with Crippen LogP contribution in [-0.4, -0.2) is 65.3 Å². The number of nitrogens with zero attached hydrogens (tertiary/aromatic N) is 5. The van der Waals surface area contributed by atoms with E-state index in [1.807, 2.05) is 24.5 Å². The van der Waals surface area contributed by atoms with Crippen molar-refractivity contribution in [1.29, 1.82) is 0 Å². The summed E-state index contributed by atoms with van der Waals surface area (Å²) >= 11 is 0. The van der Waals surface area contributed by atoms with Gasteiger partial charge < -0.3 is 29.6 Å². The van der Waals surface area contributed by atoms with E-state index in [4.69, 9.17) is 19.5 Å². The van der Waals surface area contributed by atoms with Crippen LogP contribution in [-0.2, 0) is 42.6 Å². The highest BCUT2D eigenvalue weighted by atomic mass is 16.6. The first kappa shape index (κ1) is 28.5. The number of quaternary nitrogens is 1. The van der Waals surface area contributed by atoms with Crippen molar-refractivity contribution in [1.82, 2.24) is 14.5 Å². The Kier molecular flexibility index (Phi) is 7.25. The lowest BCUT2D eigenvalue weighted by Crippen LogP contribution is -2.58. The van der Waals surface area contributed by atoms with Gasteiger partial charge in [-0.3, -0.25) is 14.4 Å². The van der Waals surface area contributed by atoms with Gasteiger partial charge in [0, 0.05) is 24.7 Å². The number of unbranched alkanes of at least 4 members (excludes halogenated alkanes) is 2. The van der Waals surface area contributed by atoms with Gasteiger partial charge in [0.1, 0.15) is 13.2 Å². The Morgan fingerprint density at radius 3 is 2.74 bits per heavy atom. The van der Waals surface area contributed by atoms with E-state index in [0.29, 0.717) is 23.5 Å². The molecule has 12 nitrogen and oxygen atoms in total. The molecule has 1 amide bonds. The van der Waals surface area contributed by atoms with Crippen LogP contribution in [0.25, 0.3) is 22.3 Å². The van der Waals surface area contributed by atoms with Crippen molar-refractivity contribution in [2.45, 2.75) is 58.3 Å². The lowest BCUT2D eigenvalue weighted by Gasteiger charge is -2.36. The Balaban J connectivity index is 1.49. The number of rotatable bonds is 9. The number of aliphatic imine (C=N–C) groups is 1. The van der Waals surface area contributed by atoms with E-state index < -0.39 is 17.5 Å². The van der Waals surface area contributed by atoms with Crippen molar-refractivity contribution in [2.24, 2.45) is 4.99 Å². The third kappa shape index (κ3) is 4.48. The van der Waals surface area contributed by atoms with E-state index in [9.17, 15) is 19.2 Å². The van der Waals surface area contributed by atoms with E-state index in [0.717, 1.165) is 53.6 Å². The minimum absolute atomic E-state index is 0.0249. The zero-order valence-electron chi connectivity index (χ0n) is 24.6. The number of fused-ring (bicyclic) bond motifs is 5. The Morgan fingerprint density at radius 1 is 1.19 bits per heavy atom. The molecule has 12 heteroatoms. The molecule has 1 atom stereocenters. The van der Waals surface area contributed by atoms with E-state index in [1.54, 1.807) is 17.6 Å². The van der Waals surface area contributed by atoms with E-state index in [1.165, 1.54) is 11.9 Å². The van der Waals surface area contributed by atoms with Gasteiger partial charge in [0.05, 0.1) is 52.1 Å². The van der Waals surface area contributed by atoms with Gasteiger partial charge in [0.25, 0.3) is 11.5 Å². The lowest BCUT2D eigenvalue weighted by molar-refractivity contribution is -0.356. The van der Waals surface area contributed by atoms with E-state index in [2.05, 4.69) is 17.6 Å². The largest absolute Gasteiger partial charge is 0.457 e. The number of likely N-dealkylation sites (N-methyl/N-ethyl adjacent to an activating group) is 1. The number of pyridine rings is 2. The number of aromatic nitrogens is 2. The molecule has 0 radical (unpaired) electrons. The molecule has 0 saturated heterocycles. The molecule has 224 valence electrons. The quantitative estimate of drug-likeness (QED) is 0.231. The van der Waals surface area contributed by atoms with Crippen molar-refractivity contribution in [3.63, 3.8) is 0 Å². The molecular weight excluding hydrogens is 552 g/mol.